The summed E-state index contributed by atoms with van der Waals surface area (Å²) in [5.74, 6) is -0.884. The number of benzene rings is 1. The lowest BCUT2D eigenvalue weighted by Gasteiger charge is -2.25. The summed E-state index contributed by atoms with van der Waals surface area (Å²) in [7, 11) is 1.28. The van der Waals surface area contributed by atoms with E-state index in [4.69, 9.17) is 9.47 Å². The number of esters is 1. The van der Waals surface area contributed by atoms with E-state index < -0.39 is 35.7 Å². The zero-order chi connectivity index (χ0) is 23.2. The van der Waals surface area contributed by atoms with Crippen LogP contribution in [0.25, 0.3) is 10.9 Å². The third kappa shape index (κ3) is 7.31. The van der Waals surface area contributed by atoms with Gasteiger partial charge in [-0.3, -0.25) is 4.79 Å². The number of hydrogen-bond acceptors (Lipinski definition) is 5. The van der Waals surface area contributed by atoms with E-state index in [9.17, 15) is 14.4 Å². The molecule has 2 atom stereocenters. The van der Waals surface area contributed by atoms with Gasteiger partial charge in [-0.15, -0.1) is 0 Å². The first kappa shape index (κ1) is 24.2. The highest BCUT2D eigenvalue weighted by atomic mass is 16.6. The summed E-state index contributed by atoms with van der Waals surface area (Å²) in [4.78, 5) is 40.8. The number of ether oxygens (including phenoxy) is 2. The van der Waals surface area contributed by atoms with Crippen LogP contribution in [0.3, 0.4) is 0 Å². The second-order valence-corrected chi connectivity index (χ2v) is 8.98. The number of amides is 2. The van der Waals surface area contributed by atoms with E-state index >= 15 is 0 Å². The molecule has 0 radical (unpaired) electrons. The predicted molar refractivity (Wildman–Crippen MR) is 119 cm³/mol. The van der Waals surface area contributed by atoms with E-state index in [1.165, 1.54) is 7.11 Å². The molecule has 0 unspecified atom stereocenters. The van der Waals surface area contributed by atoms with Crippen LogP contribution in [0.2, 0.25) is 0 Å². The molecule has 2 aromatic rings. The molecule has 170 valence electrons. The van der Waals surface area contributed by atoms with Crippen LogP contribution in [0, 0.1) is 5.92 Å². The van der Waals surface area contributed by atoms with Gasteiger partial charge in [0.2, 0.25) is 5.91 Å². The molecule has 0 aliphatic rings. The molecule has 3 N–H and O–H groups in total. The van der Waals surface area contributed by atoms with E-state index in [1.807, 2.05) is 44.3 Å². The van der Waals surface area contributed by atoms with Crippen molar-refractivity contribution in [1.29, 1.82) is 0 Å². The Hall–Kier alpha value is -3.03. The van der Waals surface area contributed by atoms with E-state index in [-0.39, 0.29) is 12.3 Å². The third-order valence-corrected chi connectivity index (χ3v) is 4.62. The van der Waals surface area contributed by atoms with Crippen molar-refractivity contribution in [3.63, 3.8) is 0 Å². The molecule has 2 amide bonds. The molecule has 0 aliphatic carbocycles. The van der Waals surface area contributed by atoms with Gasteiger partial charge in [0.1, 0.15) is 17.7 Å². The van der Waals surface area contributed by atoms with Crippen LogP contribution < -0.4 is 10.6 Å². The minimum Gasteiger partial charge on any atom is -0.467 e. The zero-order valence-electron chi connectivity index (χ0n) is 19.1. The van der Waals surface area contributed by atoms with Crippen molar-refractivity contribution in [3.05, 3.63) is 36.0 Å². The first-order valence-corrected chi connectivity index (χ1v) is 10.4. The Balaban J connectivity index is 2.17. The van der Waals surface area contributed by atoms with Gasteiger partial charge >= 0.3 is 12.1 Å². The van der Waals surface area contributed by atoms with E-state index in [1.54, 1.807) is 20.8 Å². The van der Waals surface area contributed by atoms with Crippen LogP contribution >= 0.6 is 0 Å². The molecule has 0 fully saturated rings. The molecule has 8 nitrogen and oxygen atoms in total. The van der Waals surface area contributed by atoms with Gasteiger partial charge in [-0.2, -0.15) is 0 Å². The Labute approximate surface area is 183 Å². The van der Waals surface area contributed by atoms with Crippen molar-refractivity contribution >= 4 is 28.9 Å². The second-order valence-electron chi connectivity index (χ2n) is 8.98. The molecule has 0 saturated carbocycles. The van der Waals surface area contributed by atoms with Crippen molar-refractivity contribution in [1.82, 2.24) is 15.6 Å². The number of alkyl carbamates (subject to hydrolysis) is 1. The second kappa shape index (κ2) is 10.3. The van der Waals surface area contributed by atoms with Crippen LogP contribution in [0.5, 0.6) is 0 Å². The van der Waals surface area contributed by atoms with Gasteiger partial charge in [0.15, 0.2) is 0 Å². The van der Waals surface area contributed by atoms with Crippen LogP contribution in [-0.2, 0) is 25.5 Å². The summed E-state index contributed by atoms with van der Waals surface area (Å²) in [5, 5.41) is 6.34. The van der Waals surface area contributed by atoms with Crippen LogP contribution in [0.4, 0.5) is 4.79 Å². The molecule has 0 spiro atoms. The average Bonchev–Trinajstić information content (AvgIpc) is 3.07. The molecule has 0 saturated heterocycles. The maximum absolute atomic E-state index is 13.0. The summed E-state index contributed by atoms with van der Waals surface area (Å²) >= 11 is 0. The smallest absolute Gasteiger partial charge is 0.408 e. The molecule has 1 heterocycles. The molecular formula is C23H33N3O5. The first-order valence-electron chi connectivity index (χ1n) is 10.4. The minimum atomic E-state index is -0.896. The van der Waals surface area contributed by atoms with Crippen LogP contribution in [0.1, 0.15) is 46.6 Å². The normalized spacial score (nSPS) is 13.5. The topological polar surface area (TPSA) is 110 Å². The van der Waals surface area contributed by atoms with Crippen molar-refractivity contribution in [2.45, 2.75) is 65.1 Å². The number of fused-ring (bicyclic) bond motifs is 1. The highest BCUT2D eigenvalue weighted by molar-refractivity contribution is 5.90. The fourth-order valence-corrected chi connectivity index (χ4v) is 3.28. The highest BCUT2D eigenvalue weighted by Crippen LogP contribution is 2.19. The number of carbonyl (C=O) groups excluding carboxylic acids is 3. The molecular weight excluding hydrogens is 398 g/mol. The largest absolute Gasteiger partial charge is 0.467 e. The number of carbonyl (C=O) groups is 3. The quantitative estimate of drug-likeness (QED) is 0.556. The van der Waals surface area contributed by atoms with Gasteiger partial charge < -0.3 is 25.1 Å². The van der Waals surface area contributed by atoms with Crippen LogP contribution in [0.15, 0.2) is 30.5 Å². The minimum absolute atomic E-state index is 0.135. The Kier molecular flexibility index (Phi) is 8.08. The number of hydrogen-bond donors (Lipinski definition) is 3. The number of H-pyrrole nitrogens is 1. The van der Waals surface area contributed by atoms with Gasteiger partial charge in [0.05, 0.1) is 7.11 Å². The lowest BCUT2D eigenvalue weighted by atomic mass is 10.0. The van der Waals surface area contributed by atoms with Gasteiger partial charge in [-0.25, -0.2) is 9.59 Å². The van der Waals surface area contributed by atoms with Gasteiger partial charge in [0, 0.05) is 23.5 Å². The lowest BCUT2D eigenvalue weighted by Crippen LogP contribution is -2.53. The Morgan fingerprint density at radius 3 is 2.35 bits per heavy atom. The van der Waals surface area contributed by atoms with Gasteiger partial charge in [-0.05, 0) is 44.7 Å². The third-order valence-electron chi connectivity index (χ3n) is 4.62. The standard InChI is InChI=1S/C23H33N3O5/c1-14(2)11-18(26-22(29)31-23(3,4)5)20(27)25-19(21(28)30-6)12-15-13-24-17-10-8-7-9-16(15)17/h7-10,13-14,18-19,24H,11-12H2,1-6H3,(H,25,27)(H,26,29)/t18-,19+/m0/s1. The first-order chi connectivity index (χ1) is 14.5. The van der Waals surface area contributed by atoms with Crippen molar-refractivity contribution in [2.24, 2.45) is 5.92 Å². The summed E-state index contributed by atoms with van der Waals surface area (Å²) in [6.07, 6.45) is 1.78. The number of aromatic amines is 1. The molecule has 1 aromatic heterocycles. The maximum atomic E-state index is 13.0. The Morgan fingerprint density at radius 1 is 1.06 bits per heavy atom. The summed E-state index contributed by atoms with van der Waals surface area (Å²) in [6.45, 7) is 9.14. The van der Waals surface area contributed by atoms with Crippen molar-refractivity contribution in [3.8, 4) is 0 Å². The molecule has 8 heteroatoms. The SMILES string of the molecule is COC(=O)[C@@H](Cc1c[nH]c2ccccc12)NC(=O)[C@H](CC(C)C)NC(=O)OC(C)(C)C. The van der Waals surface area contributed by atoms with Gasteiger partial charge in [-0.1, -0.05) is 32.0 Å². The number of methoxy groups -OCH3 is 1. The summed E-state index contributed by atoms with van der Waals surface area (Å²) < 4.78 is 10.2. The number of nitrogens with one attached hydrogen (secondary N) is 3. The van der Waals surface area contributed by atoms with Crippen molar-refractivity contribution in [2.75, 3.05) is 7.11 Å². The summed E-state index contributed by atoms with van der Waals surface area (Å²) in [6, 6.07) is 5.98. The Bertz CT molecular complexity index is 913. The predicted octanol–water partition coefficient (Wildman–Crippen LogP) is 3.31. The van der Waals surface area contributed by atoms with Crippen molar-refractivity contribution < 1.29 is 23.9 Å². The number of rotatable bonds is 8. The molecule has 31 heavy (non-hydrogen) atoms. The fourth-order valence-electron chi connectivity index (χ4n) is 3.28. The average molecular weight is 432 g/mol. The van der Waals surface area contributed by atoms with E-state index in [0.29, 0.717) is 6.42 Å². The molecule has 0 bridgehead atoms. The summed E-state index contributed by atoms with van der Waals surface area (Å²) in [5.41, 5.74) is 1.14. The highest BCUT2D eigenvalue weighted by Gasteiger charge is 2.30. The number of para-hydroxylation sites is 1. The van der Waals surface area contributed by atoms with Crippen LogP contribution in [-0.4, -0.2) is 47.7 Å². The van der Waals surface area contributed by atoms with E-state index in [2.05, 4.69) is 15.6 Å². The number of aromatic nitrogens is 1. The fraction of sp³-hybridized carbons (Fsp3) is 0.522. The van der Waals surface area contributed by atoms with E-state index in [0.717, 1.165) is 16.5 Å². The van der Waals surface area contributed by atoms with Gasteiger partial charge in [0.25, 0.3) is 0 Å². The monoisotopic (exact) mass is 431 g/mol. The molecule has 0 aliphatic heterocycles. The lowest BCUT2D eigenvalue weighted by molar-refractivity contribution is -0.145. The maximum Gasteiger partial charge on any atom is 0.408 e. The molecule has 2 rings (SSSR count). The molecule has 1 aromatic carbocycles. The Morgan fingerprint density at radius 2 is 1.74 bits per heavy atom. The zero-order valence-corrected chi connectivity index (χ0v) is 19.1.